The summed E-state index contributed by atoms with van der Waals surface area (Å²) in [6, 6.07) is 1.22. The van der Waals surface area contributed by atoms with Gasteiger partial charge in [0, 0.05) is 24.7 Å². The molecule has 1 heterocycles. The van der Waals surface area contributed by atoms with Crippen LogP contribution in [0.5, 0.6) is 0 Å². The highest BCUT2D eigenvalue weighted by Gasteiger charge is 2.27. The van der Waals surface area contributed by atoms with Crippen LogP contribution < -0.4 is 4.90 Å². The van der Waals surface area contributed by atoms with Gasteiger partial charge in [0.15, 0.2) is 0 Å². The minimum atomic E-state index is -0.773. The molecule has 136 valence electrons. The fourth-order valence-corrected chi connectivity index (χ4v) is 2.69. The lowest BCUT2D eigenvalue weighted by atomic mass is 10.1. The van der Waals surface area contributed by atoms with Crippen LogP contribution in [0.3, 0.4) is 0 Å². The van der Waals surface area contributed by atoms with E-state index in [1.54, 1.807) is 46.6 Å². The molecule has 0 amide bonds. The number of esters is 1. The van der Waals surface area contributed by atoms with E-state index in [0.29, 0.717) is 11.4 Å². The molecular weight excluding hydrogens is 350 g/mol. The van der Waals surface area contributed by atoms with E-state index in [-0.39, 0.29) is 15.9 Å². The van der Waals surface area contributed by atoms with Gasteiger partial charge >= 0.3 is 5.97 Å². The molecule has 25 heavy (non-hydrogen) atoms. The number of hydrogen-bond acceptors (Lipinski definition) is 4. The van der Waals surface area contributed by atoms with Crippen molar-refractivity contribution in [1.82, 2.24) is 4.98 Å². The van der Waals surface area contributed by atoms with E-state index in [0.717, 1.165) is 12.1 Å². The molecule has 0 spiro atoms. The Morgan fingerprint density at radius 2 is 1.92 bits per heavy atom. The number of aromatic nitrogens is 1. The molecule has 0 saturated heterocycles. The number of pyridine rings is 1. The molecule has 0 saturated carbocycles. The molecule has 1 aromatic carbocycles. The summed E-state index contributed by atoms with van der Waals surface area (Å²) < 4.78 is 32.9. The fraction of sp³-hybridized carbons (Fsp3) is 0.444. The summed E-state index contributed by atoms with van der Waals surface area (Å²) in [6.07, 6.45) is 0. The van der Waals surface area contributed by atoms with Gasteiger partial charge in [-0.1, -0.05) is 11.6 Å². The average Bonchev–Trinajstić information content (AvgIpc) is 2.46. The molecule has 0 radical (unpaired) electrons. The molecular formula is C18H21ClF2N2O2. The number of carbonyl (C=O) groups is 1. The van der Waals surface area contributed by atoms with Gasteiger partial charge in [0.25, 0.3) is 0 Å². The Hall–Kier alpha value is -1.95. The number of halogens is 3. The maximum Gasteiger partial charge on any atom is 0.329 e. The van der Waals surface area contributed by atoms with Gasteiger partial charge in [-0.25, -0.2) is 18.6 Å². The Labute approximate surface area is 150 Å². The molecule has 1 unspecified atom stereocenters. The maximum absolute atomic E-state index is 14.0. The highest BCUT2D eigenvalue weighted by molar-refractivity contribution is 6.36. The molecule has 1 aromatic heterocycles. The summed E-state index contributed by atoms with van der Waals surface area (Å²) in [5.74, 6) is -1.59. The molecule has 0 bridgehead atoms. The predicted octanol–water partition coefficient (Wildman–Crippen LogP) is 4.64. The van der Waals surface area contributed by atoms with Gasteiger partial charge in [-0.2, -0.15) is 0 Å². The second-order valence-corrected chi connectivity index (χ2v) is 7.35. The SMILES string of the molecule is Cc1c(N(C)C(C)C(=O)OC(C)(C)C)nc2cc(F)cc(F)c2c1Cl. The zero-order valence-electron chi connectivity index (χ0n) is 15.1. The highest BCUT2D eigenvalue weighted by Crippen LogP contribution is 2.34. The summed E-state index contributed by atoms with van der Waals surface area (Å²) in [4.78, 5) is 18.2. The van der Waals surface area contributed by atoms with E-state index in [9.17, 15) is 13.6 Å². The van der Waals surface area contributed by atoms with Crippen molar-refractivity contribution in [2.45, 2.75) is 46.3 Å². The standard InChI is InChI=1S/C18H21ClF2N2O2/c1-9-15(19)14-12(21)7-11(20)8-13(14)22-16(9)23(6)10(2)17(24)25-18(3,4)5/h7-8,10H,1-6H3. The molecule has 4 nitrogen and oxygen atoms in total. The summed E-state index contributed by atoms with van der Waals surface area (Å²) >= 11 is 6.28. The van der Waals surface area contributed by atoms with Crippen molar-refractivity contribution in [2.75, 3.05) is 11.9 Å². The Morgan fingerprint density at radius 3 is 2.48 bits per heavy atom. The van der Waals surface area contributed by atoms with Crippen LogP contribution in [0.4, 0.5) is 14.6 Å². The van der Waals surface area contributed by atoms with Crippen LogP contribution in [-0.4, -0.2) is 29.6 Å². The smallest absolute Gasteiger partial charge is 0.329 e. The molecule has 1 atom stereocenters. The second kappa shape index (κ2) is 6.75. The summed E-state index contributed by atoms with van der Waals surface area (Å²) in [6.45, 7) is 8.67. The van der Waals surface area contributed by atoms with E-state index < -0.39 is 29.2 Å². The van der Waals surface area contributed by atoms with Gasteiger partial charge in [0.1, 0.15) is 29.1 Å². The number of anilines is 1. The van der Waals surface area contributed by atoms with E-state index in [1.807, 2.05) is 0 Å². The lowest BCUT2D eigenvalue weighted by Crippen LogP contribution is -2.41. The minimum absolute atomic E-state index is 0.0580. The fourth-order valence-electron chi connectivity index (χ4n) is 2.42. The van der Waals surface area contributed by atoms with Gasteiger partial charge in [-0.3, -0.25) is 0 Å². The zero-order valence-corrected chi connectivity index (χ0v) is 15.8. The normalized spacial score (nSPS) is 13.0. The summed E-state index contributed by atoms with van der Waals surface area (Å²) in [7, 11) is 1.65. The van der Waals surface area contributed by atoms with Crippen LogP contribution in [0.15, 0.2) is 12.1 Å². The van der Waals surface area contributed by atoms with Crippen LogP contribution in [-0.2, 0) is 9.53 Å². The van der Waals surface area contributed by atoms with Crippen molar-refractivity contribution in [2.24, 2.45) is 0 Å². The monoisotopic (exact) mass is 370 g/mol. The third-order valence-electron chi connectivity index (χ3n) is 3.81. The first-order valence-electron chi connectivity index (χ1n) is 7.83. The van der Waals surface area contributed by atoms with E-state index in [4.69, 9.17) is 16.3 Å². The molecule has 0 aliphatic carbocycles. The van der Waals surface area contributed by atoms with Crippen LogP contribution in [0.1, 0.15) is 33.3 Å². The molecule has 0 fully saturated rings. The maximum atomic E-state index is 14.0. The van der Waals surface area contributed by atoms with Crippen molar-refractivity contribution >= 4 is 34.3 Å². The number of fused-ring (bicyclic) bond motifs is 1. The third-order valence-corrected chi connectivity index (χ3v) is 4.28. The van der Waals surface area contributed by atoms with E-state index in [2.05, 4.69) is 4.98 Å². The van der Waals surface area contributed by atoms with Crippen molar-refractivity contribution in [3.8, 4) is 0 Å². The van der Waals surface area contributed by atoms with Gasteiger partial charge in [-0.15, -0.1) is 0 Å². The van der Waals surface area contributed by atoms with Gasteiger partial charge in [-0.05, 0) is 34.6 Å². The number of rotatable bonds is 3. The van der Waals surface area contributed by atoms with Crippen LogP contribution in [0, 0.1) is 18.6 Å². The Kier molecular flexibility index (Phi) is 5.23. The lowest BCUT2D eigenvalue weighted by Gasteiger charge is -2.29. The van der Waals surface area contributed by atoms with Crippen LogP contribution in [0.2, 0.25) is 5.02 Å². The van der Waals surface area contributed by atoms with Gasteiger partial charge in [0.05, 0.1) is 15.9 Å². The first-order chi connectivity index (χ1) is 11.4. The van der Waals surface area contributed by atoms with Crippen molar-refractivity contribution < 1.29 is 18.3 Å². The number of benzene rings is 1. The first kappa shape index (κ1) is 19.4. The number of nitrogens with zero attached hydrogens (tertiary/aromatic N) is 2. The molecule has 0 aliphatic rings. The molecule has 7 heteroatoms. The topological polar surface area (TPSA) is 42.4 Å². The van der Waals surface area contributed by atoms with Crippen molar-refractivity contribution in [3.05, 3.63) is 34.4 Å². The zero-order chi connectivity index (χ0) is 19.1. The largest absolute Gasteiger partial charge is 0.458 e. The number of hydrogen-bond donors (Lipinski definition) is 0. The molecule has 0 N–H and O–H groups in total. The quantitative estimate of drug-likeness (QED) is 0.738. The predicted molar refractivity (Wildman–Crippen MR) is 95.1 cm³/mol. The Morgan fingerprint density at radius 1 is 1.32 bits per heavy atom. The third kappa shape index (κ3) is 4.00. The van der Waals surface area contributed by atoms with Crippen LogP contribution in [0.25, 0.3) is 10.9 Å². The van der Waals surface area contributed by atoms with E-state index in [1.165, 1.54) is 0 Å². The lowest BCUT2D eigenvalue weighted by molar-refractivity contribution is -0.156. The number of ether oxygens (including phenoxy) is 1. The highest BCUT2D eigenvalue weighted by atomic mass is 35.5. The van der Waals surface area contributed by atoms with Crippen LogP contribution >= 0.6 is 11.6 Å². The molecule has 2 aromatic rings. The Balaban J connectivity index is 2.50. The van der Waals surface area contributed by atoms with E-state index >= 15 is 0 Å². The number of carbonyl (C=O) groups excluding carboxylic acids is 1. The number of likely N-dealkylation sites (N-methyl/N-ethyl adjacent to an activating group) is 1. The average molecular weight is 371 g/mol. The molecule has 2 rings (SSSR count). The van der Waals surface area contributed by atoms with Gasteiger partial charge < -0.3 is 9.64 Å². The van der Waals surface area contributed by atoms with Gasteiger partial charge in [0.2, 0.25) is 0 Å². The molecule has 0 aliphatic heterocycles. The minimum Gasteiger partial charge on any atom is -0.458 e. The Bertz CT molecular complexity index is 834. The van der Waals surface area contributed by atoms with Crippen molar-refractivity contribution in [1.29, 1.82) is 0 Å². The second-order valence-electron chi connectivity index (χ2n) is 6.98. The van der Waals surface area contributed by atoms with Crippen molar-refractivity contribution in [3.63, 3.8) is 0 Å². The summed E-state index contributed by atoms with van der Waals surface area (Å²) in [5.41, 5.74) is -0.0361. The first-order valence-corrected chi connectivity index (χ1v) is 8.20. The summed E-state index contributed by atoms with van der Waals surface area (Å²) in [5, 5.41) is 0.198.